The molecule has 0 aliphatic carbocycles. The molecule has 0 radical (unpaired) electrons. The molecule has 2 aromatic heterocycles. The third kappa shape index (κ3) is 1.16. The molecule has 2 N–H and O–H groups in total. The third-order valence-electron chi connectivity index (χ3n) is 3.40. The van der Waals surface area contributed by atoms with Crippen molar-refractivity contribution in [3.05, 3.63) is 59.0 Å². The molecular weight excluding hydrogens is 224 g/mol. The second-order valence-corrected chi connectivity index (χ2v) is 4.46. The average molecular weight is 234 g/mol. The zero-order valence-corrected chi connectivity index (χ0v) is 9.53. The second-order valence-electron chi connectivity index (χ2n) is 4.46. The van der Waals surface area contributed by atoms with Gasteiger partial charge in [-0.3, -0.25) is 4.79 Å². The average Bonchev–Trinajstić information content (AvgIpc) is 2.75. The van der Waals surface area contributed by atoms with Crippen molar-refractivity contribution in [3.8, 4) is 0 Å². The van der Waals surface area contributed by atoms with Crippen LogP contribution in [0.1, 0.15) is 0 Å². The Morgan fingerprint density at radius 3 is 2.67 bits per heavy atom. The number of para-hydroxylation sites is 1. The summed E-state index contributed by atoms with van der Waals surface area (Å²) in [5.74, 6) is 0. The van der Waals surface area contributed by atoms with Gasteiger partial charge in [-0.2, -0.15) is 0 Å². The van der Waals surface area contributed by atoms with Gasteiger partial charge in [-0.05, 0) is 29.7 Å². The summed E-state index contributed by atoms with van der Waals surface area (Å²) in [6, 6.07) is 14.0. The van der Waals surface area contributed by atoms with Gasteiger partial charge >= 0.3 is 0 Å². The fraction of sp³-hybridized carbons (Fsp3) is 0. The van der Waals surface area contributed by atoms with E-state index in [9.17, 15) is 4.79 Å². The maximum atomic E-state index is 11.8. The Hall–Kier alpha value is -2.55. The Labute approximate surface area is 102 Å². The summed E-state index contributed by atoms with van der Waals surface area (Å²) in [6.07, 6.45) is 1.68. The van der Waals surface area contributed by atoms with Crippen molar-refractivity contribution in [3.63, 3.8) is 0 Å². The van der Waals surface area contributed by atoms with Crippen LogP contribution in [0.25, 0.3) is 32.6 Å². The van der Waals surface area contributed by atoms with E-state index in [2.05, 4.69) is 16.0 Å². The number of pyridine rings is 1. The topological polar surface area (TPSA) is 48.6 Å². The first-order valence-corrected chi connectivity index (χ1v) is 5.85. The molecule has 0 unspecified atom stereocenters. The van der Waals surface area contributed by atoms with Crippen molar-refractivity contribution < 1.29 is 0 Å². The fourth-order valence-electron chi connectivity index (χ4n) is 2.53. The van der Waals surface area contributed by atoms with Crippen LogP contribution in [0.4, 0.5) is 0 Å². The summed E-state index contributed by atoms with van der Waals surface area (Å²) in [5, 5.41) is 3.93. The van der Waals surface area contributed by atoms with E-state index in [-0.39, 0.29) is 5.56 Å². The lowest BCUT2D eigenvalue weighted by Crippen LogP contribution is -2.03. The summed E-state index contributed by atoms with van der Waals surface area (Å²) in [4.78, 5) is 17.9. The molecule has 0 amide bonds. The minimum absolute atomic E-state index is 0.0420. The Balaban J connectivity index is 2.32. The van der Waals surface area contributed by atoms with Crippen LogP contribution < -0.4 is 5.56 Å². The van der Waals surface area contributed by atoms with Crippen LogP contribution in [0.5, 0.6) is 0 Å². The van der Waals surface area contributed by atoms with Gasteiger partial charge in [-0.1, -0.05) is 18.2 Å². The monoisotopic (exact) mass is 234 g/mol. The van der Waals surface area contributed by atoms with Crippen LogP contribution in [0, 0.1) is 0 Å². The Morgan fingerprint density at radius 1 is 0.833 bits per heavy atom. The summed E-state index contributed by atoms with van der Waals surface area (Å²) in [6.45, 7) is 0. The fourth-order valence-corrected chi connectivity index (χ4v) is 2.53. The van der Waals surface area contributed by atoms with Gasteiger partial charge in [0, 0.05) is 33.4 Å². The van der Waals surface area contributed by atoms with E-state index >= 15 is 0 Å². The lowest BCUT2D eigenvalue weighted by atomic mass is 10.1. The normalized spacial score (nSPS) is 11.6. The zero-order chi connectivity index (χ0) is 12.1. The minimum Gasteiger partial charge on any atom is -0.354 e. The van der Waals surface area contributed by atoms with Gasteiger partial charge in [-0.15, -0.1) is 0 Å². The Bertz CT molecular complexity index is 947. The van der Waals surface area contributed by atoms with E-state index in [1.165, 1.54) is 0 Å². The molecular formula is C15H10N2O. The smallest absolute Gasteiger partial charge is 0.255 e. The van der Waals surface area contributed by atoms with Crippen LogP contribution in [0.2, 0.25) is 0 Å². The van der Waals surface area contributed by atoms with Crippen molar-refractivity contribution in [1.82, 2.24) is 9.97 Å². The number of aromatic amines is 2. The summed E-state index contributed by atoms with van der Waals surface area (Å²) < 4.78 is 0. The number of nitrogens with one attached hydrogen (secondary N) is 2. The first kappa shape index (κ1) is 9.48. The Kier molecular flexibility index (Phi) is 1.70. The molecule has 0 atom stereocenters. The lowest BCUT2D eigenvalue weighted by Gasteiger charge is -1.97. The highest BCUT2D eigenvalue weighted by molar-refractivity contribution is 6.11. The standard InChI is InChI=1S/C15H10N2O/c18-15-11-8-12-10-3-1-2-4-13(10)17-14(12)7-9(11)5-6-16-15/h1-8,17H,(H,16,18). The highest BCUT2D eigenvalue weighted by Crippen LogP contribution is 2.27. The predicted octanol–water partition coefficient (Wildman–Crippen LogP) is 3.16. The van der Waals surface area contributed by atoms with Crippen LogP contribution in [0.15, 0.2) is 53.5 Å². The molecule has 0 aliphatic heterocycles. The van der Waals surface area contributed by atoms with E-state index in [0.29, 0.717) is 0 Å². The highest BCUT2D eigenvalue weighted by Gasteiger charge is 2.06. The van der Waals surface area contributed by atoms with Gasteiger partial charge in [0.05, 0.1) is 0 Å². The summed E-state index contributed by atoms with van der Waals surface area (Å²) >= 11 is 0. The van der Waals surface area contributed by atoms with Gasteiger partial charge < -0.3 is 9.97 Å². The maximum Gasteiger partial charge on any atom is 0.255 e. The van der Waals surface area contributed by atoms with Crippen LogP contribution in [-0.2, 0) is 0 Å². The minimum atomic E-state index is -0.0420. The second kappa shape index (κ2) is 3.23. The largest absolute Gasteiger partial charge is 0.354 e. The number of H-pyrrole nitrogens is 2. The molecule has 0 saturated carbocycles. The SMILES string of the molecule is O=c1[nH]ccc2cc3[nH]c4ccccc4c3cc12. The quantitative estimate of drug-likeness (QED) is 0.482. The third-order valence-corrected chi connectivity index (χ3v) is 3.40. The van der Waals surface area contributed by atoms with Gasteiger partial charge in [0.25, 0.3) is 5.56 Å². The predicted molar refractivity (Wildman–Crippen MR) is 73.9 cm³/mol. The molecule has 0 aliphatic rings. The molecule has 3 nitrogen and oxygen atoms in total. The van der Waals surface area contributed by atoms with Crippen molar-refractivity contribution in [2.75, 3.05) is 0 Å². The maximum absolute atomic E-state index is 11.8. The zero-order valence-electron chi connectivity index (χ0n) is 9.53. The van der Waals surface area contributed by atoms with E-state index in [4.69, 9.17) is 0 Å². The van der Waals surface area contributed by atoms with E-state index in [1.807, 2.05) is 36.4 Å². The van der Waals surface area contributed by atoms with Gasteiger partial charge in [0.2, 0.25) is 0 Å². The highest BCUT2D eigenvalue weighted by atomic mass is 16.1. The molecule has 18 heavy (non-hydrogen) atoms. The molecule has 0 fully saturated rings. The van der Waals surface area contributed by atoms with Gasteiger partial charge in [-0.25, -0.2) is 0 Å². The van der Waals surface area contributed by atoms with Crippen LogP contribution in [0.3, 0.4) is 0 Å². The van der Waals surface area contributed by atoms with Crippen molar-refractivity contribution >= 4 is 32.6 Å². The van der Waals surface area contributed by atoms with Crippen molar-refractivity contribution in [2.45, 2.75) is 0 Å². The molecule has 4 rings (SSSR count). The summed E-state index contributed by atoms with van der Waals surface area (Å²) in [5.41, 5.74) is 2.12. The molecule has 0 bridgehead atoms. The van der Waals surface area contributed by atoms with E-state index < -0.39 is 0 Å². The molecule has 2 aromatic carbocycles. The molecule has 0 saturated heterocycles. The lowest BCUT2D eigenvalue weighted by molar-refractivity contribution is 1.28. The van der Waals surface area contributed by atoms with Crippen LogP contribution in [-0.4, -0.2) is 9.97 Å². The number of hydrogen-bond acceptors (Lipinski definition) is 1. The number of hydrogen-bond donors (Lipinski definition) is 2. The number of rotatable bonds is 0. The number of fused-ring (bicyclic) bond motifs is 4. The summed E-state index contributed by atoms with van der Waals surface area (Å²) in [7, 11) is 0. The molecule has 3 heteroatoms. The van der Waals surface area contributed by atoms with E-state index in [1.54, 1.807) is 6.20 Å². The number of benzene rings is 2. The Morgan fingerprint density at radius 2 is 1.72 bits per heavy atom. The van der Waals surface area contributed by atoms with Crippen molar-refractivity contribution in [1.29, 1.82) is 0 Å². The van der Waals surface area contributed by atoms with Gasteiger partial charge in [0.15, 0.2) is 0 Å². The first-order valence-electron chi connectivity index (χ1n) is 5.85. The number of aromatic nitrogens is 2. The molecule has 2 heterocycles. The molecule has 86 valence electrons. The van der Waals surface area contributed by atoms with Crippen LogP contribution >= 0.6 is 0 Å². The molecule has 4 aromatic rings. The van der Waals surface area contributed by atoms with Gasteiger partial charge in [0.1, 0.15) is 0 Å². The molecule has 0 spiro atoms. The first-order chi connectivity index (χ1) is 8.83. The van der Waals surface area contributed by atoms with E-state index in [0.717, 1.165) is 32.6 Å². The van der Waals surface area contributed by atoms with Crippen molar-refractivity contribution in [2.24, 2.45) is 0 Å².